The molecule has 1 aromatic heterocycles. The molecule has 0 unspecified atom stereocenters. The van der Waals surface area contributed by atoms with Crippen molar-refractivity contribution in [2.24, 2.45) is 0 Å². The summed E-state index contributed by atoms with van der Waals surface area (Å²) in [5.41, 5.74) is 0.869. The number of phenols is 1. The van der Waals surface area contributed by atoms with Gasteiger partial charge in [-0.2, -0.15) is 0 Å². The van der Waals surface area contributed by atoms with Crippen molar-refractivity contribution in [1.82, 2.24) is 9.97 Å². The number of para-hydroxylation sites is 1. The second-order valence-electron chi connectivity index (χ2n) is 4.65. The number of benzene rings is 1. The van der Waals surface area contributed by atoms with Crippen molar-refractivity contribution in [2.45, 2.75) is 26.8 Å². The van der Waals surface area contributed by atoms with E-state index in [4.69, 9.17) is 11.6 Å². The normalized spacial score (nSPS) is 10.6. The average Bonchev–Trinajstić information content (AvgIpc) is 2.39. The van der Waals surface area contributed by atoms with Gasteiger partial charge in [0.05, 0.1) is 0 Å². The van der Waals surface area contributed by atoms with Gasteiger partial charge in [0.1, 0.15) is 22.5 Å². The highest BCUT2D eigenvalue weighted by Crippen LogP contribution is 2.22. The van der Waals surface area contributed by atoms with E-state index in [2.05, 4.69) is 21.8 Å². The highest BCUT2D eigenvalue weighted by atomic mass is 35.5. The minimum atomic E-state index is 0.297. The zero-order chi connectivity index (χ0) is 14.5. The Morgan fingerprint density at radius 1 is 1.25 bits per heavy atom. The van der Waals surface area contributed by atoms with Gasteiger partial charge in [0.25, 0.3) is 0 Å². The van der Waals surface area contributed by atoms with Gasteiger partial charge in [-0.1, -0.05) is 36.7 Å². The summed E-state index contributed by atoms with van der Waals surface area (Å²) in [7, 11) is 0. The maximum absolute atomic E-state index is 9.90. The average molecular weight is 292 g/mol. The molecule has 2 rings (SSSR count). The van der Waals surface area contributed by atoms with Gasteiger partial charge in [-0.3, -0.25) is 0 Å². The summed E-state index contributed by atoms with van der Waals surface area (Å²) in [5, 5.41) is 10.3. The van der Waals surface area contributed by atoms with E-state index in [0.29, 0.717) is 23.3 Å². The molecule has 4 nitrogen and oxygen atoms in total. The number of halogens is 1. The Bertz CT molecular complexity index is 569. The summed E-state index contributed by atoms with van der Waals surface area (Å²) in [5.74, 6) is 1.73. The molecule has 1 N–H and O–H groups in total. The van der Waals surface area contributed by atoms with Crippen LogP contribution < -0.4 is 4.90 Å². The zero-order valence-electron chi connectivity index (χ0n) is 11.7. The quantitative estimate of drug-likeness (QED) is 0.856. The lowest BCUT2D eigenvalue weighted by atomic mass is 10.2. The van der Waals surface area contributed by atoms with Crippen LogP contribution in [0, 0.1) is 6.92 Å². The van der Waals surface area contributed by atoms with Gasteiger partial charge in [-0.15, -0.1) is 0 Å². The molecule has 0 spiro atoms. The fourth-order valence-electron chi connectivity index (χ4n) is 2.07. The van der Waals surface area contributed by atoms with Crippen LogP contribution in [0.4, 0.5) is 5.82 Å². The SMILES string of the molecule is CCCN(Cc1ccccc1O)c1cc(Cl)nc(C)n1. The molecule has 0 atom stereocenters. The van der Waals surface area contributed by atoms with Crippen LogP contribution in [0.15, 0.2) is 30.3 Å². The predicted octanol–water partition coefficient (Wildman–Crippen LogP) is 3.56. The topological polar surface area (TPSA) is 49.2 Å². The van der Waals surface area contributed by atoms with Crippen LogP contribution in [-0.2, 0) is 6.54 Å². The smallest absolute Gasteiger partial charge is 0.134 e. The Morgan fingerprint density at radius 2 is 2.00 bits per heavy atom. The fourth-order valence-corrected chi connectivity index (χ4v) is 2.29. The van der Waals surface area contributed by atoms with E-state index >= 15 is 0 Å². The van der Waals surface area contributed by atoms with Crippen LogP contribution in [0.2, 0.25) is 5.15 Å². The van der Waals surface area contributed by atoms with Crippen LogP contribution in [0.1, 0.15) is 24.7 Å². The summed E-state index contributed by atoms with van der Waals surface area (Å²) in [4.78, 5) is 10.6. The summed E-state index contributed by atoms with van der Waals surface area (Å²) >= 11 is 6.00. The molecule has 0 bridgehead atoms. The van der Waals surface area contributed by atoms with E-state index in [-0.39, 0.29) is 0 Å². The third-order valence-electron chi connectivity index (χ3n) is 2.96. The molecule has 2 aromatic rings. The second kappa shape index (κ2) is 6.57. The van der Waals surface area contributed by atoms with Crippen molar-refractivity contribution in [2.75, 3.05) is 11.4 Å². The Morgan fingerprint density at radius 3 is 2.65 bits per heavy atom. The first-order valence-corrected chi connectivity index (χ1v) is 7.01. The van der Waals surface area contributed by atoms with Gasteiger partial charge >= 0.3 is 0 Å². The lowest BCUT2D eigenvalue weighted by molar-refractivity contribution is 0.467. The van der Waals surface area contributed by atoms with Crippen molar-refractivity contribution in [1.29, 1.82) is 0 Å². The fraction of sp³-hybridized carbons (Fsp3) is 0.333. The van der Waals surface area contributed by atoms with Crippen LogP contribution in [-0.4, -0.2) is 21.6 Å². The van der Waals surface area contributed by atoms with E-state index in [1.165, 1.54) is 0 Å². The number of rotatable bonds is 5. The number of aromatic hydroxyl groups is 1. The Labute approximate surface area is 124 Å². The highest BCUT2D eigenvalue weighted by Gasteiger charge is 2.12. The van der Waals surface area contributed by atoms with Crippen LogP contribution in [0.3, 0.4) is 0 Å². The van der Waals surface area contributed by atoms with Crippen LogP contribution >= 0.6 is 11.6 Å². The monoisotopic (exact) mass is 291 g/mol. The second-order valence-corrected chi connectivity index (χ2v) is 5.03. The Hall–Kier alpha value is -1.81. The first-order chi connectivity index (χ1) is 9.60. The van der Waals surface area contributed by atoms with Gasteiger partial charge < -0.3 is 10.0 Å². The lowest BCUT2D eigenvalue weighted by Gasteiger charge is -2.24. The Kier molecular flexibility index (Phi) is 4.79. The molecule has 106 valence electrons. The molecule has 1 heterocycles. The van der Waals surface area contributed by atoms with Gasteiger partial charge in [0, 0.05) is 24.7 Å². The first kappa shape index (κ1) is 14.6. The van der Waals surface area contributed by atoms with Crippen molar-refractivity contribution >= 4 is 17.4 Å². The molecule has 5 heteroatoms. The first-order valence-electron chi connectivity index (χ1n) is 6.63. The van der Waals surface area contributed by atoms with Gasteiger partial charge in [-0.25, -0.2) is 9.97 Å². The third-order valence-corrected chi connectivity index (χ3v) is 3.16. The molecule has 0 aliphatic rings. The van der Waals surface area contributed by atoms with Crippen LogP contribution in [0.5, 0.6) is 5.75 Å². The largest absolute Gasteiger partial charge is 0.508 e. The minimum Gasteiger partial charge on any atom is -0.508 e. The maximum atomic E-state index is 9.90. The summed E-state index contributed by atoms with van der Waals surface area (Å²) in [6.07, 6.45) is 0.980. The number of hydrogen-bond donors (Lipinski definition) is 1. The number of anilines is 1. The molecule has 20 heavy (non-hydrogen) atoms. The number of phenolic OH excluding ortho intramolecular Hbond substituents is 1. The zero-order valence-corrected chi connectivity index (χ0v) is 12.4. The summed E-state index contributed by atoms with van der Waals surface area (Å²) < 4.78 is 0. The van der Waals surface area contributed by atoms with E-state index in [0.717, 1.165) is 24.3 Å². The molecular formula is C15H18ClN3O. The van der Waals surface area contributed by atoms with E-state index in [1.54, 1.807) is 12.1 Å². The van der Waals surface area contributed by atoms with Crippen molar-refractivity contribution in [3.8, 4) is 5.75 Å². The van der Waals surface area contributed by atoms with Crippen molar-refractivity contribution in [3.63, 3.8) is 0 Å². The summed E-state index contributed by atoms with van der Waals surface area (Å²) in [6.45, 7) is 5.35. The van der Waals surface area contributed by atoms with E-state index < -0.39 is 0 Å². The highest BCUT2D eigenvalue weighted by molar-refractivity contribution is 6.29. The molecule has 0 radical (unpaired) electrons. The van der Waals surface area contributed by atoms with Gasteiger partial charge in [0.2, 0.25) is 0 Å². The summed E-state index contributed by atoms with van der Waals surface area (Å²) in [6, 6.07) is 9.08. The van der Waals surface area contributed by atoms with Crippen molar-refractivity contribution < 1.29 is 5.11 Å². The molecule has 0 aliphatic carbocycles. The number of nitrogens with zero attached hydrogens (tertiary/aromatic N) is 3. The number of aromatic nitrogens is 2. The van der Waals surface area contributed by atoms with E-state index in [1.807, 2.05) is 25.1 Å². The molecular weight excluding hydrogens is 274 g/mol. The predicted molar refractivity (Wildman–Crippen MR) is 81.2 cm³/mol. The molecule has 0 amide bonds. The molecule has 0 fully saturated rings. The lowest BCUT2D eigenvalue weighted by Crippen LogP contribution is -2.25. The van der Waals surface area contributed by atoms with Gasteiger partial charge in [-0.05, 0) is 19.4 Å². The van der Waals surface area contributed by atoms with Crippen LogP contribution in [0.25, 0.3) is 0 Å². The standard InChI is InChI=1S/C15H18ClN3O/c1-3-8-19(10-12-6-4-5-7-13(12)20)15-9-14(16)17-11(2)18-15/h4-7,9,20H,3,8,10H2,1-2H3. The molecule has 0 saturated carbocycles. The molecule has 0 aliphatic heterocycles. The molecule has 0 saturated heterocycles. The third kappa shape index (κ3) is 3.61. The van der Waals surface area contributed by atoms with Gasteiger partial charge in [0.15, 0.2) is 0 Å². The number of aryl methyl sites for hydroxylation is 1. The molecule has 1 aromatic carbocycles. The van der Waals surface area contributed by atoms with Crippen molar-refractivity contribution in [3.05, 3.63) is 46.9 Å². The Balaban J connectivity index is 2.29. The van der Waals surface area contributed by atoms with E-state index in [9.17, 15) is 5.11 Å². The minimum absolute atomic E-state index is 0.297. The number of hydrogen-bond acceptors (Lipinski definition) is 4. The maximum Gasteiger partial charge on any atom is 0.134 e.